The summed E-state index contributed by atoms with van der Waals surface area (Å²) in [6, 6.07) is 20.2. The van der Waals surface area contributed by atoms with Crippen molar-refractivity contribution in [3.05, 3.63) is 95.6 Å². The van der Waals surface area contributed by atoms with Gasteiger partial charge in [0.1, 0.15) is 0 Å². The molecule has 25 heavy (non-hydrogen) atoms. The summed E-state index contributed by atoms with van der Waals surface area (Å²) >= 11 is 0. The van der Waals surface area contributed by atoms with Crippen molar-refractivity contribution in [1.82, 2.24) is 0 Å². The van der Waals surface area contributed by atoms with E-state index in [4.69, 9.17) is 0 Å². The molecule has 0 unspecified atom stereocenters. The molecule has 0 bridgehead atoms. The second kappa shape index (κ2) is 6.23. The standard InChI is InChI=1S/C19H16O5S/c20-17-13-7-12-16(18(17)21)19(25(22,23)24,14-8-3-1-4-9-14)15-10-5-2-6-11-15/h1-13,20-21H,(H,22,23,24). The number of rotatable bonds is 4. The molecule has 0 aliphatic rings. The van der Waals surface area contributed by atoms with Crippen LogP contribution in [0.25, 0.3) is 0 Å². The number of para-hydroxylation sites is 1. The van der Waals surface area contributed by atoms with Crippen molar-refractivity contribution < 1.29 is 23.2 Å². The Morgan fingerprint density at radius 2 is 1.16 bits per heavy atom. The lowest BCUT2D eigenvalue weighted by Gasteiger charge is -2.33. The van der Waals surface area contributed by atoms with Crippen LogP contribution in [0.4, 0.5) is 0 Å². The number of phenolic OH excluding ortho intramolecular Hbond substituents is 2. The highest BCUT2D eigenvalue weighted by Gasteiger charge is 2.50. The van der Waals surface area contributed by atoms with Crippen molar-refractivity contribution in [3.8, 4) is 11.5 Å². The van der Waals surface area contributed by atoms with E-state index in [-0.39, 0.29) is 16.7 Å². The largest absolute Gasteiger partial charge is 0.504 e. The van der Waals surface area contributed by atoms with E-state index in [1.54, 1.807) is 60.7 Å². The lowest BCUT2D eigenvalue weighted by Crippen LogP contribution is -2.38. The molecule has 0 aromatic heterocycles. The fourth-order valence-electron chi connectivity index (χ4n) is 3.08. The van der Waals surface area contributed by atoms with Crippen LogP contribution >= 0.6 is 0 Å². The highest BCUT2D eigenvalue weighted by atomic mass is 32.2. The maximum atomic E-state index is 12.7. The Bertz CT molecular complexity index is 943. The zero-order valence-electron chi connectivity index (χ0n) is 13.1. The summed E-state index contributed by atoms with van der Waals surface area (Å²) in [5.41, 5.74) is 0.349. The van der Waals surface area contributed by atoms with Crippen molar-refractivity contribution in [2.24, 2.45) is 0 Å². The van der Waals surface area contributed by atoms with Gasteiger partial charge in [-0.1, -0.05) is 72.8 Å². The topological polar surface area (TPSA) is 94.8 Å². The lowest BCUT2D eigenvalue weighted by molar-refractivity contribution is 0.393. The Balaban J connectivity index is 2.53. The van der Waals surface area contributed by atoms with Crippen molar-refractivity contribution >= 4 is 10.1 Å². The average Bonchev–Trinajstić information content (AvgIpc) is 2.60. The lowest BCUT2D eigenvalue weighted by atomic mass is 9.83. The molecule has 0 radical (unpaired) electrons. The first-order valence-corrected chi connectivity index (χ1v) is 8.92. The first-order chi connectivity index (χ1) is 11.9. The Morgan fingerprint density at radius 3 is 1.60 bits per heavy atom. The van der Waals surface area contributed by atoms with E-state index in [0.717, 1.165) is 0 Å². The van der Waals surface area contributed by atoms with Crippen molar-refractivity contribution in [1.29, 1.82) is 0 Å². The first-order valence-electron chi connectivity index (χ1n) is 7.48. The molecular formula is C19H16O5S. The van der Waals surface area contributed by atoms with E-state index in [2.05, 4.69) is 0 Å². The number of hydrogen-bond donors (Lipinski definition) is 3. The molecule has 3 aromatic carbocycles. The van der Waals surface area contributed by atoms with Crippen molar-refractivity contribution in [3.63, 3.8) is 0 Å². The molecule has 128 valence electrons. The molecule has 5 nitrogen and oxygen atoms in total. The van der Waals surface area contributed by atoms with Gasteiger partial charge in [-0.05, 0) is 17.2 Å². The fraction of sp³-hybridized carbons (Fsp3) is 0.0526. The van der Waals surface area contributed by atoms with Gasteiger partial charge in [0.25, 0.3) is 10.1 Å². The molecule has 0 saturated heterocycles. The number of phenols is 2. The van der Waals surface area contributed by atoms with E-state index >= 15 is 0 Å². The predicted octanol–water partition coefficient (Wildman–Crippen LogP) is 3.28. The van der Waals surface area contributed by atoms with Gasteiger partial charge < -0.3 is 10.2 Å². The zero-order chi connectivity index (χ0) is 18.1. The molecule has 0 fully saturated rings. The third kappa shape index (κ3) is 2.65. The molecule has 0 saturated carbocycles. The minimum Gasteiger partial charge on any atom is -0.504 e. The number of hydrogen-bond acceptors (Lipinski definition) is 4. The first kappa shape index (κ1) is 17.0. The van der Waals surface area contributed by atoms with E-state index in [1.165, 1.54) is 18.2 Å². The maximum absolute atomic E-state index is 12.7. The maximum Gasteiger partial charge on any atom is 0.283 e. The minimum absolute atomic E-state index is 0.132. The molecule has 3 rings (SSSR count). The normalized spacial score (nSPS) is 12.0. The fourth-order valence-corrected chi connectivity index (χ4v) is 4.39. The molecular weight excluding hydrogens is 340 g/mol. The monoisotopic (exact) mass is 356 g/mol. The van der Waals surface area contributed by atoms with Crippen LogP contribution in [0, 0.1) is 0 Å². The summed E-state index contributed by atoms with van der Waals surface area (Å²) in [5, 5.41) is 20.3. The predicted molar refractivity (Wildman–Crippen MR) is 94.1 cm³/mol. The highest BCUT2D eigenvalue weighted by molar-refractivity contribution is 7.87. The van der Waals surface area contributed by atoms with Crippen LogP contribution in [-0.4, -0.2) is 23.2 Å². The molecule has 3 N–H and O–H groups in total. The molecule has 0 aliphatic carbocycles. The number of benzene rings is 3. The molecule has 3 aromatic rings. The van der Waals surface area contributed by atoms with Crippen molar-refractivity contribution in [2.75, 3.05) is 0 Å². The van der Waals surface area contributed by atoms with Crippen LogP contribution in [-0.2, 0) is 14.9 Å². The average molecular weight is 356 g/mol. The third-order valence-corrected chi connectivity index (χ3v) is 5.61. The van der Waals surface area contributed by atoms with E-state index in [0.29, 0.717) is 0 Å². The molecule has 0 aliphatic heterocycles. The second-order valence-corrected chi connectivity index (χ2v) is 7.12. The molecule has 0 spiro atoms. The quantitative estimate of drug-likeness (QED) is 0.379. The van der Waals surface area contributed by atoms with Gasteiger partial charge in [-0.25, -0.2) is 0 Å². The summed E-state index contributed by atoms with van der Waals surface area (Å²) in [6.07, 6.45) is 0. The second-order valence-electron chi connectivity index (χ2n) is 5.56. The Morgan fingerprint density at radius 1 is 0.680 bits per heavy atom. The van der Waals surface area contributed by atoms with Gasteiger partial charge >= 0.3 is 0 Å². The van der Waals surface area contributed by atoms with E-state index in [1.807, 2.05) is 0 Å². The van der Waals surface area contributed by atoms with Crippen LogP contribution in [0.3, 0.4) is 0 Å². The van der Waals surface area contributed by atoms with Crippen molar-refractivity contribution in [2.45, 2.75) is 4.75 Å². The minimum atomic E-state index is -4.80. The summed E-state index contributed by atoms with van der Waals surface area (Å²) < 4.78 is 33.6. The highest BCUT2D eigenvalue weighted by Crippen LogP contribution is 2.48. The SMILES string of the molecule is O=S(=O)(O)C(c1ccccc1)(c1ccccc1)c1cccc(O)c1O. The van der Waals surface area contributed by atoms with Gasteiger partial charge in [0.2, 0.25) is 0 Å². The van der Waals surface area contributed by atoms with Crippen LogP contribution in [0.2, 0.25) is 0 Å². The van der Waals surface area contributed by atoms with E-state index in [9.17, 15) is 23.2 Å². The summed E-state index contributed by atoms with van der Waals surface area (Å²) in [6.45, 7) is 0. The molecule has 6 heteroatoms. The smallest absolute Gasteiger partial charge is 0.283 e. The summed E-state index contributed by atoms with van der Waals surface area (Å²) in [4.78, 5) is 0. The molecule has 0 atom stereocenters. The Hall–Kier alpha value is -2.83. The van der Waals surface area contributed by atoms with Crippen LogP contribution in [0.1, 0.15) is 16.7 Å². The van der Waals surface area contributed by atoms with E-state index < -0.39 is 26.4 Å². The number of aromatic hydroxyl groups is 2. The molecule has 0 heterocycles. The zero-order valence-corrected chi connectivity index (χ0v) is 13.9. The summed E-state index contributed by atoms with van der Waals surface area (Å²) in [7, 11) is -4.80. The van der Waals surface area contributed by atoms with Crippen LogP contribution in [0.5, 0.6) is 11.5 Å². The van der Waals surface area contributed by atoms with Crippen LogP contribution < -0.4 is 0 Å². The van der Waals surface area contributed by atoms with Gasteiger partial charge in [-0.15, -0.1) is 0 Å². The summed E-state index contributed by atoms with van der Waals surface area (Å²) in [5.74, 6) is -1.08. The Labute approximate surface area is 145 Å². The third-order valence-electron chi connectivity index (χ3n) is 4.14. The van der Waals surface area contributed by atoms with Gasteiger partial charge in [0, 0.05) is 5.56 Å². The van der Waals surface area contributed by atoms with Crippen LogP contribution in [0.15, 0.2) is 78.9 Å². The Kier molecular flexibility index (Phi) is 4.24. The van der Waals surface area contributed by atoms with Gasteiger partial charge in [-0.3, -0.25) is 4.55 Å². The van der Waals surface area contributed by atoms with Gasteiger partial charge in [0.15, 0.2) is 16.2 Å². The van der Waals surface area contributed by atoms with Gasteiger partial charge in [-0.2, -0.15) is 8.42 Å². The molecule has 0 amide bonds. The van der Waals surface area contributed by atoms with Gasteiger partial charge in [0.05, 0.1) is 0 Å².